The molecule has 0 aliphatic carbocycles. The zero-order valence-corrected chi connectivity index (χ0v) is 19.2. The van der Waals surface area contributed by atoms with Gasteiger partial charge in [0.1, 0.15) is 5.75 Å². The third-order valence-corrected chi connectivity index (χ3v) is 7.61. The van der Waals surface area contributed by atoms with Crippen molar-refractivity contribution in [1.29, 1.82) is 0 Å². The molecule has 2 aromatic carbocycles. The Bertz CT molecular complexity index is 1210. The van der Waals surface area contributed by atoms with Gasteiger partial charge in [0.05, 0.1) is 18.8 Å². The first-order valence-corrected chi connectivity index (χ1v) is 11.5. The van der Waals surface area contributed by atoms with Crippen LogP contribution in [0.1, 0.15) is 52.7 Å². The van der Waals surface area contributed by atoms with E-state index in [1.807, 2.05) is 37.4 Å². The molecule has 0 amide bonds. The Morgan fingerprint density at radius 2 is 2.06 bits per heavy atom. The molecule has 1 aromatic heterocycles. The zero-order valence-electron chi connectivity index (χ0n) is 19.2. The zero-order chi connectivity index (χ0) is 24.0. The summed E-state index contributed by atoms with van der Waals surface area (Å²) in [5.74, 6) is -0.196. The molecular weight excluding hydrogens is 442 g/mol. The van der Waals surface area contributed by atoms with Crippen LogP contribution in [0.15, 0.2) is 42.6 Å². The van der Waals surface area contributed by atoms with Gasteiger partial charge in [0, 0.05) is 40.8 Å². The van der Waals surface area contributed by atoms with Crippen LogP contribution in [0, 0.1) is 6.92 Å². The Morgan fingerprint density at radius 1 is 1.29 bits per heavy atom. The lowest BCUT2D eigenvalue weighted by atomic mass is 9.79. The molecule has 0 saturated carbocycles. The van der Waals surface area contributed by atoms with Crippen molar-refractivity contribution in [3.63, 3.8) is 0 Å². The smallest absolute Gasteiger partial charge is 0.345 e. The maximum atomic E-state index is 13.2. The Labute approximate surface area is 196 Å². The quantitative estimate of drug-likeness (QED) is 0.481. The normalized spacial score (nSPS) is 24.7. The number of halogens is 2. The molecule has 5 rings (SSSR count). The van der Waals surface area contributed by atoms with Crippen molar-refractivity contribution < 1.29 is 28.2 Å². The number of fused-ring (bicyclic) bond motifs is 3. The highest BCUT2D eigenvalue weighted by atomic mass is 19.3. The lowest BCUT2D eigenvalue weighted by Crippen LogP contribution is -2.52. The molecule has 2 N–H and O–H groups in total. The fourth-order valence-corrected chi connectivity index (χ4v) is 6.11. The average Bonchev–Trinajstić information content (AvgIpc) is 3.37. The van der Waals surface area contributed by atoms with Gasteiger partial charge in [-0.3, -0.25) is 4.90 Å². The minimum atomic E-state index is -2.82. The second-order valence-electron chi connectivity index (χ2n) is 9.33. The number of ether oxygens (including phenoxy) is 2. The molecule has 34 heavy (non-hydrogen) atoms. The van der Waals surface area contributed by atoms with Crippen molar-refractivity contribution in [2.24, 2.45) is 0 Å². The van der Waals surface area contributed by atoms with Crippen LogP contribution in [-0.2, 0) is 16.8 Å². The summed E-state index contributed by atoms with van der Waals surface area (Å²) in [6.07, 6.45) is 3.95. The number of benzene rings is 2. The van der Waals surface area contributed by atoms with Crippen molar-refractivity contribution in [2.75, 3.05) is 7.11 Å². The van der Waals surface area contributed by atoms with E-state index in [4.69, 9.17) is 9.47 Å². The number of nitrogens with zero attached hydrogens (tertiary/aromatic N) is 1. The maximum Gasteiger partial charge on any atom is 0.345 e. The summed E-state index contributed by atoms with van der Waals surface area (Å²) in [5, 5.41) is 10.4. The first-order valence-electron chi connectivity index (χ1n) is 11.5. The van der Waals surface area contributed by atoms with Crippen molar-refractivity contribution in [2.45, 2.75) is 63.4 Å². The second-order valence-corrected chi connectivity index (χ2v) is 9.33. The van der Waals surface area contributed by atoms with Gasteiger partial charge in [-0.1, -0.05) is 12.1 Å². The number of methoxy groups -OCH3 is 1. The minimum absolute atomic E-state index is 0.0663. The molecule has 2 aliphatic rings. The van der Waals surface area contributed by atoms with E-state index in [9.17, 15) is 18.7 Å². The molecule has 3 aromatic rings. The van der Waals surface area contributed by atoms with Crippen LogP contribution >= 0.6 is 0 Å². The van der Waals surface area contributed by atoms with Gasteiger partial charge in [-0.25, -0.2) is 4.79 Å². The summed E-state index contributed by atoms with van der Waals surface area (Å²) in [5.41, 5.74) is 3.80. The van der Waals surface area contributed by atoms with Crippen LogP contribution in [0.5, 0.6) is 5.75 Å². The lowest BCUT2D eigenvalue weighted by Gasteiger charge is -2.48. The fraction of sp³-hybridized carbons (Fsp3) is 0.423. The Hall–Kier alpha value is -2.97. The number of nitrogens with one attached hydrogen (secondary N) is 1. The predicted octanol–water partition coefficient (Wildman–Crippen LogP) is 5.44. The number of rotatable bonds is 7. The van der Waals surface area contributed by atoms with Gasteiger partial charge < -0.3 is 19.6 Å². The van der Waals surface area contributed by atoms with Gasteiger partial charge in [0.25, 0.3) is 0 Å². The van der Waals surface area contributed by atoms with Gasteiger partial charge in [-0.15, -0.1) is 0 Å². The molecule has 8 heteroatoms. The van der Waals surface area contributed by atoms with Crippen LogP contribution in [0.3, 0.4) is 0 Å². The Morgan fingerprint density at radius 3 is 2.74 bits per heavy atom. The summed E-state index contributed by atoms with van der Waals surface area (Å²) in [6.45, 7) is -0.197. The third kappa shape index (κ3) is 3.75. The van der Waals surface area contributed by atoms with E-state index in [0.29, 0.717) is 19.4 Å². The van der Waals surface area contributed by atoms with E-state index in [1.54, 1.807) is 19.2 Å². The number of H-pyrrole nitrogens is 1. The summed E-state index contributed by atoms with van der Waals surface area (Å²) in [6, 6.07) is 11.0. The van der Waals surface area contributed by atoms with Crippen molar-refractivity contribution in [1.82, 2.24) is 9.88 Å². The summed E-state index contributed by atoms with van der Waals surface area (Å²) < 4.78 is 37.1. The van der Waals surface area contributed by atoms with E-state index < -0.39 is 24.2 Å². The van der Waals surface area contributed by atoms with Crippen LogP contribution in [0.25, 0.3) is 10.9 Å². The number of hydrogen-bond donors (Lipinski definition) is 2. The molecule has 2 bridgehead atoms. The highest BCUT2D eigenvalue weighted by molar-refractivity contribution is 5.88. The van der Waals surface area contributed by atoms with Crippen LogP contribution in [-0.4, -0.2) is 46.8 Å². The van der Waals surface area contributed by atoms with Gasteiger partial charge in [-0.05, 0) is 68.0 Å². The first kappa shape index (κ1) is 22.8. The standard InChI is InChI=1S/C26H28F2N2O4/c1-15-11-22(33-2)21(20-8-10-29-23(15)20)14-30-18-7-9-26(30,13-19(12-18)34-25(27)28)17-5-3-16(4-6-17)24(31)32/h3-6,8,10-11,18-19,25,29H,7,9,12-14H2,1-2H3,(H,31,32)/t18-,19-,26?/m1/s1. The first-order chi connectivity index (χ1) is 16.3. The topological polar surface area (TPSA) is 74.8 Å². The number of carboxylic acids is 1. The summed E-state index contributed by atoms with van der Waals surface area (Å²) >= 11 is 0. The Kier molecular flexibility index (Phi) is 5.81. The van der Waals surface area contributed by atoms with Crippen molar-refractivity contribution in [3.8, 4) is 5.75 Å². The molecule has 3 atom stereocenters. The molecule has 2 fully saturated rings. The second kappa shape index (κ2) is 8.67. The lowest BCUT2D eigenvalue weighted by molar-refractivity contribution is -0.188. The molecule has 0 radical (unpaired) electrons. The molecule has 0 spiro atoms. The van der Waals surface area contributed by atoms with E-state index in [0.717, 1.165) is 46.2 Å². The largest absolute Gasteiger partial charge is 0.496 e. The third-order valence-electron chi connectivity index (χ3n) is 7.61. The molecule has 180 valence electrons. The number of carboxylic acid groups (broad SMARTS) is 1. The monoisotopic (exact) mass is 470 g/mol. The predicted molar refractivity (Wildman–Crippen MR) is 123 cm³/mol. The van der Waals surface area contributed by atoms with Crippen LogP contribution < -0.4 is 4.74 Å². The van der Waals surface area contributed by atoms with E-state index >= 15 is 0 Å². The van der Waals surface area contributed by atoms with Crippen LogP contribution in [0.4, 0.5) is 8.78 Å². The molecular formula is C26H28F2N2O4. The van der Waals surface area contributed by atoms with Gasteiger partial charge in [-0.2, -0.15) is 8.78 Å². The van der Waals surface area contributed by atoms with Gasteiger partial charge in [0.2, 0.25) is 0 Å². The number of aryl methyl sites for hydroxylation is 1. The highest BCUT2D eigenvalue weighted by Gasteiger charge is 2.53. The SMILES string of the molecule is COc1cc(C)c2[nH]ccc2c1CN1[C@@H]2CCC1(c1ccc(C(=O)O)cc1)C[C@H](OC(F)F)C2. The van der Waals surface area contributed by atoms with Gasteiger partial charge >= 0.3 is 12.6 Å². The molecule has 6 nitrogen and oxygen atoms in total. The number of alkyl halides is 2. The fourth-order valence-electron chi connectivity index (χ4n) is 6.11. The Balaban J connectivity index is 1.59. The van der Waals surface area contributed by atoms with E-state index in [1.165, 1.54) is 0 Å². The highest BCUT2D eigenvalue weighted by Crippen LogP contribution is 2.53. The number of carbonyl (C=O) groups is 1. The average molecular weight is 471 g/mol. The molecule has 3 heterocycles. The van der Waals surface area contributed by atoms with Crippen molar-refractivity contribution in [3.05, 3.63) is 64.8 Å². The van der Waals surface area contributed by atoms with Crippen molar-refractivity contribution >= 4 is 16.9 Å². The van der Waals surface area contributed by atoms with E-state index in [-0.39, 0.29) is 11.6 Å². The van der Waals surface area contributed by atoms with E-state index in [2.05, 4.69) is 9.88 Å². The van der Waals surface area contributed by atoms with Gasteiger partial charge in [0.15, 0.2) is 0 Å². The molecule has 2 saturated heterocycles. The molecule has 1 unspecified atom stereocenters. The number of aromatic amines is 1. The number of hydrogen-bond acceptors (Lipinski definition) is 4. The summed E-state index contributed by atoms with van der Waals surface area (Å²) in [7, 11) is 1.66. The van der Waals surface area contributed by atoms with Crippen LogP contribution in [0.2, 0.25) is 0 Å². The maximum absolute atomic E-state index is 13.2. The minimum Gasteiger partial charge on any atom is -0.496 e. The number of aromatic carboxylic acids is 1. The number of aromatic nitrogens is 1. The molecule has 2 aliphatic heterocycles. The summed E-state index contributed by atoms with van der Waals surface area (Å²) in [4.78, 5) is 17.1. The number of piperidine rings is 1.